The van der Waals surface area contributed by atoms with Gasteiger partial charge in [0.05, 0.1) is 22.1 Å². The van der Waals surface area contributed by atoms with Crippen molar-refractivity contribution in [2.24, 2.45) is 0 Å². The molecule has 0 fully saturated rings. The Balaban J connectivity index is 1.79. The number of fused-ring (bicyclic) bond motifs is 1. The summed E-state index contributed by atoms with van der Waals surface area (Å²) < 4.78 is 41.0. The maximum absolute atomic E-state index is 13.2. The summed E-state index contributed by atoms with van der Waals surface area (Å²) in [6, 6.07) is 2.62. The number of nitrogens with one attached hydrogen (secondary N) is 2. The molecule has 1 unspecified atom stereocenters. The van der Waals surface area contributed by atoms with E-state index in [9.17, 15) is 18.0 Å². The molecule has 0 aliphatic heterocycles. The van der Waals surface area contributed by atoms with E-state index in [0.29, 0.717) is 5.82 Å². The summed E-state index contributed by atoms with van der Waals surface area (Å²) in [7, 11) is 0. The first-order chi connectivity index (χ1) is 14.2. The summed E-state index contributed by atoms with van der Waals surface area (Å²) in [5.41, 5.74) is -1.70. The Kier molecular flexibility index (Phi) is 4.86. The Hall–Kier alpha value is -3.54. The Morgan fingerprint density at radius 3 is 2.63 bits per heavy atom. The van der Waals surface area contributed by atoms with Crippen molar-refractivity contribution in [1.29, 1.82) is 0 Å². The van der Waals surface area contributed by atoms with Crippen LogP contribution in [0.3, 0.4) is 0 Å². The minimum atomic E-state index is -4.62. The summed E-state index contributed by atoms with van der Waals surface area (Å²) in [4.78, 5) is 30.4. The first-order valence-electron chi connectivity index (χ1n) is 8.48. The molecular weight excluding hydrogens is 425 g/mol. The van der Waals surface area contributed by atoms with Crippen LogP contribution < -0.4 is 11.0 Å². The molecule has 2 N–H and O–H groups in total. The predicted octanol–water partition coefficient (Wildman–Crippen LogP) is 3.14. The summed E-state index contributed by atoms with van der Waals surface area (Å²) in [6.07, 6.45) is -0.287. The Morgan fingerprint density at radius 1 is 1.20 bits per heavy atom. The van der Waals surface area contributed by atoms with Crippen LogP contribution in [0.4, 0.5) is 19.0 Å². The molecule has 30 heavy (non-hydrogen) atoms. The first-order valence-corrected chi connectivity index (χ1v) is 8.86. The maximum atomic E-state index is 13.2. The van der Waals surface area contributed by atoms with Crippen LogP contribution in [0, 0.1) is 0 Å². The SMILES string of the molecule is CC(Nc1nc(=O)[nH]c2c(Cl)cc(C(F)(F)F)cc12)c1ncnn1-c1ncccn1. The Labute approximate surface area is 171 Å². The molecule has 154 valence electrons. The third kappa shape index (κ3) is 3.68. The number of hydrogen-bond acceptors (Lipinski definition) is 7. The van der Waals surface area contributed by atoms with Gasteiger partial charge in [-0.1, -0.05) is 11.6 Å². The highest BCUT2D eigenvalue weighted by atomic mass is 35.5. The number of benzene rings is 1. The highest BCUT2D eigenvalue weighted by Gasteiger charge is 2.32. The number of rotatable bonds is 4. The van der Waals surface area contributed by atoms with Crippen LogP contribution in [0.1, 0.15) is 24.4 Å². The average molecular weight is 437 g/mol. The van der Waals surface area contributed by atoms with Gasteiger partial charge in [-0.3, -0.25) is 0 Å². The van der Waals surface area contributed by atoms with Crippen molar-refractivity contribution >= 4 is 28.3 Å². The Bertz CT molecular complexity index is 1270. The van der Waals surface area contributed by atoms with Crippen molar-refractivity contribution in [3.05, 3.63) is 63.8 Å². The highest BCUT2D eigenvalue weighted by Crippen LogP contribution is 2.36. The van der Waals surface area contributed by atoms with E-state index in [1.807, 2.05) is 0 Å². The zero-order valence-corrected chi connectivity index (χ0v) is 15.9. The van der Waals surface area contributed by atoms with E-state index in [0.717, 1.165) is 12.1 Å². The van der Waals surface area contributed by atoms with Gasteiger partial charge in [-0.25, -0.2) is 19.7 Å². The molecule has 0 radical (unpaired) electrons. The molecule has 1 aromatic carbocycles. The summed E-state index contributed by atoms with van der Waals surface area (Å²) in [6.45, 7) is 1.67. The van der Waals surface area contributed by atoms with Gasteiger partial charge in [0.15, 0.2) is 5.82 Å². The van der Waals surface area contributed by atoms with Crippen molar-refractivity contribution in [3.63, 3.8) is 0 Å². The van der Waals surface area contributed by atoms with Gasteiger partial charge in [0.25, 0.3) is 5.95 Å². The number of anilines is 1. The van der Waals surface area contributed by atoms with Crippen LogP contribution in [-0.4, -0.2) is 34.7 Å². The molecule has 0 saturated heterocycles. The fraction of sp³-hybridized carbons (Fsp3) is 0.176. The number of halogens is 4. The number of aromatic amines is 1. The van der Waals surface area contributed by atoms with Crippen LogP contribution in [0.15, 0.2) is 41.7 Å². The zero-order valence-electron chi connectivity index (χ0n) is 15.1. The number of H-pyrrole nitrogens is 1. The largest absolute Gasteiger partial charge is 0.416 e. The monoisotopic (exact) mass is 436 g/mol. The van der Waals surface area contributed by atoms with Gasteiger partial charge in [-0.15, -0.1) is 0 Å². The third-order valence-electron chi connectivity index (χ3n) is 4.17. The number of aromatic nitrogens is 7. The van der Waals surface area contributed by atoms with Gasteiger partial charge in [0, 0.05) is 17.8 Å². The van der Waals surface area contributed by atoms with E-state index in [1.165, 1.54) is 23.4 Å². The average Bonchev–Trinajstić information content (AvgIpc) is 3.18. The second-order valence-electron chi connectivity index (χ2n) is 6.21. The molecule has 1 atom stereocenters. The Morgan fingerprint density at radius 2 is 1.93 bits per heavy atom. The summed E-state index contributed by atoms with van der Waals surface area (Å²) in [5.74, 6) is 0.525. The lowest BCUT2D eigenvalue weighted by molar-refractivity contribution is -0.137. The van der Waals surface area contributed by atoms with E-state index in [-0.39, 0.29) is 27.7 Å². The molecule has 9 nitrogen and oxygen atoms in total. The van der Waals surface area contributed by atoms with Crippen LogP contribution in [0.2, 0.25) is 5.02 Å². The molecule has 0 amide bonds. The standard InChI is InChI=1S/C17H12ClF3N8O/c1-8(14-24-7-25-29(14)15-22-3-2-4-23-15)26-13-10-5-9(17(19,20)21)6-11(18)12(10)27-16(30)28-13/h2-8H,1H3,(H2,26,27,28,30). The van der Waals surface area contributed by atoms with Crippen molar-refractivity contribution in [3.8, 4) is 5.95 Å². The maximum Gasteiger partial charge on any atom is 0.416 e. The molecule has 0 aliphatic rings. The lowest BCUT2D eigenvalue weighted by Crippen LogP contribution is -2.19. The zero-order chi connectivity index (χ0) is 21.5. The molecule has 3 heterocycles. The minimum Gasteiger partial charge on any atom is -0.360 e. The van der Waals surface area contributed by atoms with Crippen LogP contribution >= 0.6 is 11.6 Å². The van der Waals surface area contributed by atoms with Gasteiger partial charge < -0.3 is 10.3 Å². The van der Waals surface area contributed by atoms with E-state index in [4.69, 9.17) is 11.6 Å². The third-order valence-corrected chi connectivity index (χ3v) is 4.47. The van der Waals surface area contributed by atoms with Gasteiger partial charge in [-0.2, -0.15) is 27.9 Å². The number of hydrogen-bond donors (Lipinski definition) is 2. The van der Waals surface area contributed by atoms with Crippen LogP contribution in [0.5, 0.6) is 0 Å². The lowest BCUT2D eigenvalue weighted by Gasteiger charge is -2.17. The number of alkyl halides is 3. The van der Waals surface area contributed by atoms with Gasteiger partial charge >= 0.3 is 11.9 Å². The normalized spacial score (nSPS) is 12.8. The molecule has 0 aliphatic carbocycles. The minimum absolute atomic E-state index is 0.00306. The smallest absolute Gasteiger partial charge is 0.360 e. The molecule has 4 rings (SSSR count). The summed E-state index contributed by atoms with van der Waals surface area (Å²) in [5, 5.41) is 6.73. The van der Waals surface area contributed by atoms with Gasteiger partial charge in [0.2, 0.25) is 0 Å². The van der Waals surface area contributed by atoms with Crippen LogP contribution in [0.25, 0.3) is 16.9 Å². The quantitative estimate of drug-likeness (QED) is 0.505. The van der Waals surface area contributed by atoms with Crippen molar-refractivity contribution in [1.82, 2.24) is 34.7 Å². The van der Waals surface area contributed by atoms with E-state index >= 15 is 0 Å². The molecule has 0 saturated carbocycles. The van der Waals surface area contributed by atoms with Crippen LogP contribution in [-0.2, 0) is 6.18 Å². The van der Waals surface area contributed by atoms with E-state index in [1.54, 1.807) is 13.0 Å². The van der Waals surface area contributed by atoms with Gasteiger partial charge in [-0.05, 0) is 25.1 Å². The predicted molar refractivity (Wildman–Crippen MR) is 101 cm³/mol. The molecule has 13 heteroatoms. The first kappa shape index (κ1) is 19.8. The van der Waals surface area contributed by atoms with E-state index in [2.05, 4.69) is 35.3 Å². The van der Waals surface area contributed by atoms with Crippen molar-refractivity contribution in [2.45, 2.75) is 19.1 Å². The number of nitrogens with zero attached hydrogens (tertiary/aromatic N) is 6. The molecule has 3 aromatic heterocycles. The second-order valence-corrected chi connectivity index (χ2v) is 6.62. The molecule has 0 spiro atoms. The molecule has 4 aromatic rings. The highest BCUT2D eigenvalue weighted by molar-refractivity contribution is 6.35. The second kappa shape index (κ2) is 7.37. The van der Waals surface area contributed by atoms with Gasteiger partial charge in [0.1, 0.15) is 12.1 Å². The fourth-order valence-corrected chi connectivity index (χ4v) is 3.13. The van der Waals surface area contributed by atoms with Crippen molar-refractivity contribution in [2.75, 3.05) is 5.32 Å². The molecular formula is C17H12ClF3N8O. The summed E-state index contributed by atoms with van der Waals surface area (Å²) >= 11 is 5.98. The van der Waals surface area contributed by atoms with E-state index < -0.39 is 23.5 Å². The topological polar surface area (TPSA) is 114 Å². The van der Waals surface area contributed by atoms with Crippen molar-refractivity contribution < 1.29 is 13.2 Å². The lowest BCUT2D eigenvalue weighted by atomic mass is 10.1. The fourth-order valence-electron chi connectivity index (χ4n) is 2.86. The molecule has 0 bridgehead atoms.